The van der Waals surface area contributed by atoms with Gasteiger partial charge in [0.05, 0.1) is 6.04 Å². The maximum Gasteiger partial charge on any atom is 0.522 e. The number of hydrogen-bond acceptors (Lipinski definition) is 6. The Morgan fingerprint density at radius 2 is 1.89 bits per heavy atom. The Balaban J connectivity index is 1.53. The predicted octanol–water partition coefficient (Wildman–Crippen LogP) is 1.46. The van der Waals surface area contributed by atoms with Gasteiger partial charge in [-0.3, -0.25) is 23.9 Å². The average molecular weight is 526 g/mol. The fraction of sp³-hybridized carbons (Fsp3) is 0.600. The standard InChI is InChI=1S/C25H30F3N3O6/c26-25(27,28)37-13-19(32)18(11-15-9-10-29-22(15)34)30-23(35)20-17-8-4-7-16(17)12-31(20)24(36)21(33)14-5-2-1-3-6-14/h1-3,5-6,15-18,20-21,33H,4,7-13H2,(H,29,34)(H,30,35)/t15?,16?,17?,18?,20-,21?/m0/s1. The van der Waals surface area contributed by atoms with Gasteiger partial charge < -0.3 is 20.6 Å². The summed E-state index contributed by atoms with van der Waals surface area (Å²) in [5, 5.41) is 15.8. The highest BCUT2D eigenvalue weighted by Gasteiger charge is 2.51. The molecule has 2 saturated heterocycles. The van der Waals surface area contributed by atoms with E-state index in [1.54, 1.807) is 30.3 Å². The second kappa shape index (κ2) is 11.2. The number of nitrogens with one attached hydrogen (secondary N) is 2. The number of ketones is 1. The highest BCUT2D eigenvalue weighted by Crippen LogP contribution is 2.43. The first-order valence-corrected chi connectivity index (χ1v) is 12.4. The van der Waals surface area contributed by atoms with E-state index < -0.39 is 54.7 Å². The average Bonchev–Trinajstić information content (AvgIpc) is 3.57. The van der Waals surface area contributed by atoms with Gasteiger partial charge in [0, 0.05) is 19.0 Å². The van der Waals surface area contributed by atoms with E-state index in [9.17, 15) is 37.5 Å². The molecule has 2 aliphatic heterocycles. The van der Waals surface area contributed by atoms with Crippen LogP contribution >= 0.6 is 0 Å². The molecule has 6 atom stereocenters. The van der Waals surface area contributed by atoms with E-state index in [2.05, 4.69) is 15.4 Å². The Morgan fingerprint density at radius 1 is 1.16 bits per heavy atom. The second-order valence-electron chi connectivity index (χ2n) is 9.88. The first-order valence-electron chi connectivity index (χ1n) is 12.4. The van der Waals surface area contributed by atoms with Crippen LogP contribution in [0.15, 0.2) is 30.3 Å². The summed E-state index contributed by atoms with van der Waals surface area (Å²) in [6, 6.07) is 5.88. The number of aliphatic hydroxyl groups is 1. The van der Waals surface area contributed by atoms with Gasteiger partial charge in [0.15, 0.2) is 11.9 Å². The number of rotatable bonds is 9. The fourth-order valence-electron chi connectivity index (χ4n) is 5.74. The second-order valence-corrected chi connectivity index (χ2v) is 9.88. The number of carbonyl (C=O) groups is 4. The van der Waals surface area contributed by atoms with Crippen molar-refractivity contribution < 1.29 is 42.2 Å². The molecule has 202 valence electrons. The Kier molecular flexibility index (Phi) is 8.17. The van der Waals surface area contributed by atoms with E-state index >= 15 is 0 Å². The molecule has 1 aliphatic carbocycles. The van der Waals surface area contributed by atoms with E-state index in [1.807, 2.05) is 0 Å². The molecule has 0 aromatic heterocycles. The molecule has 5 unspecified atom stereocenters. The van der Waals surface area contributed by atoms with Crippen LogP contribution in [-0.4, -0.2) is 71.7 Å². The zero-order valence-corrected chi connectivity index (χ0v) is 20.1. The van der Waals surface area contributed by atoms with Crippen molar-refractivity contribution in [1.82, 2.24) is 15.5 Å². The van der Waals surface area contributed by atoms with Crippen LogP contribution in [0.25, 0.3) is 0 Å². The van der Waals surface area contributed by atoms with Crippen molar-refractivity contribution in [2.75, 3.05) is 19.7 Å². The largest absolute Gasteiger partial charge is 0.522 e. The van der Waals surface area contributed by atoms with Crippen molar-refractivity contribution in [2.24, 2.45) is 17.8 Å². The van der Waals surface area contributed by atoms with Crippen molar-refractivity contribution in [2.45, 2.75) is 56.7 Å². The Labute approximate surface area is 211 Å². The molecule has 3 amide bonds. The highest BCUT2D eigenvalue weighted by atomic mass is 19.4. The van der Waals surface area contributed by atoms with Crippen LogP contribution in [0, 0.1) is 17.8 Å². The summed E-state index contributed by atoms with van der Waals surface area (Å²) in [6.45, 7) is -0.690. The van der Waals surface area contributed by atoms with Crippen LogP contribution in [-0.2, 0) is 23.9 Å². The van der Waals surface area contributed by atoms with Gasteiger partial charge in [0.2, 0.25) is 11.8 Å². The number of hydrogen-bond donors (Lipinski definition) is 3. The number of likely N-dealkylation sites (tertiary alicyclic amines) is 1. The van der Waals surface area contributed by atoms with Crippen LogP contribution < -0.4 is 10.6 Å². The minimum absolute atomic E-state index is 0.0333. The molecule has 4 rings (SSSR count). The maximum absolute atomic E-state index is 13.5. The minimum Gasteiger partial charge on any atom is -0.378 e. The molecule has 9 nitrogen and oxygen atoms in total. The van der Waals surface area contributed by atoms with Gasteiger partial charge in [0.1, 0.15) is 12.6 Å². The van der Waals surface area contributed by atoms with Gasteiger partial charge >= 0.3 is 6.36 Å². The van der Waals surface area contributed by atoms with Crippen LogP contribution in [0.1, 0.15) is 43.8 Å². The molecule has 0 spiro atoms. The molecule has 1 saturated carbocycles. The van der Waals surface area contributed by atoms with Crippen molar-refractivity contribution in [3.8, 4) is 0 Å². The normalized spacial score (nSPS) is 26.9. The number of ether oxygens (including phenoxy) is 1. The molecule has 3 aliphatic rings. The number of carbonyl (C=O) groups excluding carboxylic acids is 4. The van der Waals surface area contributed by atoms with Crippen molar-refractivity contribution in [3.05, 3.63) is 35.9 Å². The van der Waals surface area contributed by atoms with E-state index in [-0.39, 0.29) is 30.7 Å². The monoisotopic (exact) mass is 525 g/mol. The number of aliphatic hydroxyl groups excluding tert-OH is 1. The van der Waals surface area contributed by atoms with Crippen LogP contribution in [0.2, 0.25) is 0 Å². The number of nitrogens with zero attached hydrogens (tertiary/aromatic N) is 1. The molecule has 37 heavy (non-hydrogen) atoms. The van der Waals surface area contributed by atoms with Gasteiger partial charge in [-0.15, -0.1) is 13.2 Å². The molecule has 3 N–H and O–H groups in total. The van der Waals surface area contributed by atoms with Crippen molar-refractivity contribution >= 4 is 23.5 Å². The van der Waals surface area contributed by atoms with Crippen molar-refractivity contribution in [3.63, 3.8) is 0 Å². The van der Waals surface area contributed by atoms with Gasteiger partial charge in [-0.25, -0.2) is 0 Å². The summed E-state index contributed by atoms with van der Waals surface area (Å²) >= 11 is 0. The van der Waals surface area contributed by atoms with E-state index in [0.29, 0.717) is 24.9 Å². The smallest absolute Gasteiger partial charge is 0.378 e. The lowest BCUT2D eigenvalue weighted by molar-refractivity contribution is -0.321. The summed E-state index contributed by atoms with van der Waals surface area (Å²) in [6.07, 6.45) is -4.02. The Hall–Kier alpha value is -2.99. The maximum atomic E-state index is 13.5. The van der Waals surface area contributed by atoms with E-state index in [0.717, 1.165) is 12.8 Å². The summed E-state index contributed by atoms with van der Waals surface area (Å²) < 4.78 is 41.4. The van der Waals surface area contributed by atoms with Crippen LogP contribution in [0.5, 0.6) is 0 Å². The molecule has 0 radical (unpaired) electrons. The number of benzene rings is 1. The van der Waals surface area contributed by atoms with Gasteiger partial charge in [-0.2, -0.15) is 0 Å². The molecule has 1 aromatic rings. The SMILES string of the molecule is O=C1NCCC1CC(NC(=O)[C@@H]1C2CCCC2CN1C(=O)C(O)c1ccccc1)C(=O)COC(F)(F)F. The molecule has 3 fully saturated rings. The number of fused-ring (bicyclic) bond motifs is 1. The number of halogens is 3. The molecule has 2 heterocycles. The highest BCUT2D eigenvalue weighted by molar-refractivity contribution is 5.95. The fourth-order valence-corrected chi connectivity index (χ4v) is 5.74. The third kappa shape index (κ3) is 6.30. The number of amides is 3. The minimum atomic E-state index is -5.03. The first-order chi connectivity index (χ1) is 17.5. The topological polar surface area (TPSA) is 125 Å². The third-order valence-corrected chi connectivity index (χ3v) is 7.56. The van der Waals surface area contributed by atoms with E-state index in [4.69, 9.17) is 0 Å². The Bertz CT molecular complexity index is 1020. The van der Waals surface area contributed by atoms with Gasteiger partial charge in [-0.1, -0.05) is 36.8 Å². The Morgan fingerprint density at radius 3 is 2.54 bits per heavy atom. The van der Waals surface area contributed by atoms with Gasteiger partial charge in [0.25, 0.3) is 5.91 Å². The summed E-state index contributed by atoms with van der Waals surface area (Å²) in [5.41, 5.74) is 0.369. The summed E-state index contributed by atoms with van der Waals surface area (Å²) in [4.78, 5) is 52.9. The van der Waals surface area contributed by atoms with Crippen LogP contribution in [0.3, 0.4) is 0 Å². The molecule has 12 heteroatoms. The van der Waals surface area contributed by atoms with E-state index in [1.165, 1.54) is 4.90 Å². The molecular formula is C25H30F3N3O6. The summed E-state index contributed by atoms with van der Waals surface area (Å²) in [7, 11) is 0. The lowest BCUT2D eigenvalue weighted by atomic mass is 9.92. The zero-order valence-electron chi connectivity index (χ0n) is 20.1. The number of Topliss-reactive ketones (excluding diaryl/α,β-unsaturated/α-hetero) is 1. The lowest BCUT2D eigenvalue weighted by Gasteiger charge is -2.30. The molecular weight excluding hydrogens is 495 g/mol. The number of alkyl halides is 3. The molecule has 1 aromatic carbocycles. The first kappa shape index (κ1) is 27.1. The predicted molar refractivity (Wildman–Crippen MR) is 122 cm³/mol. The third-order valence-electron chi connectivity index (χ3n) is 7.56. The molecule has 0 bridgehead atoms. The lowest BCUT2D eigenvalue weighted by Crippen LogP contribution is -2.54. The summed E-state index contributed by atoms with van der Waals surface area (Å²) in [5.74, 6) is -3.53. The van der Waals surface area contributed by atoms with Gasteiger partial charge in [-0.05, 0) is 43.1 Å². The quantitative estimate of drug-likeness (QED) is 0.449. The zero-order chi connectivity index (χ0) is 26.7. The van der Waals surface area contributed by atoms with Crippen LogP contribution in [0.4, 0.5) is 13.2 Å². The van der Waals surface area contributed by atoms with Crippen molar-refractivity contribution in [1.29, 1.82) is 0 Å².